The van der Waals surface area contributed by atoms with Gasteiger partial charge >= 0.3 is 12.2 Å². The fraction of sp³-hybridized carbons (Fsp3) is 0.775. The summed E-state index contributed by atoms with van der Waals surface area (Å²) in [5, 5.41) is 24.2. The number of alkyl halides is 1. The highest BCUT2D eigenvalue weighted by Gasteiger charge is 2.75. The van der Waals surface area contributed by atoms with Crippen molar-refractivity contribution in [3.05, 3.63) is 23.8 Å². The molecule has 7 N–H and O–H groups in total. The molecular weight excluding hydrogens is 697 g/mol. The summed E-state index contributed by atoms with van der Waals surface area (Å²) in [6.45, 7) is 10.0. The zero-order chi connectivity index (χ0) is 39.4. The molecule has 2 amide bonds. The van der Waals surface area contributed by atoms with Crippen LogP contribution in [0.1, 0.15) is 97.8 Å². The Balaban J connectivity index is 1.08. The summed E-state index contributed by atoms with van der Waals surface area (Å²) >= 11 is 0. The van der Waals surface area contributed by atoms with Gasteiger partial charge in [-0.15, -0.1) is 0 Å². The molecule has 0 heterocycles. The third-order valence-corrected chi connectivity index (χ3v) is 12.6. The lowest BCUT2D eigenvalue weighted by Gasteiger charge is -2.59. The summed E-state index contributed by atoms with van der Waals surface area (Å²) in [4.78, 5) is 63.9. The molecule has 54 heavy (non-hydrogen) atoms. The van der Waals surface area contributed by atoms with E-state index in [-0.39, 0.29) is 12.2 Å². The molecule has 0 aromatic rings. The van der Waals surface area contributed by atoms with Gasteiger partial charge in [0.1, 0.15) is 5.60 Å². The van der Waals surface area contributed by atoms with Crippen molar-refractivity contribution in [3.8, 4) is 0 Å². The molecular formula is C40H64FN5O8. The van der Waals surface area contributed by atoms with Crippen LogP contribution < -0.4 is 27.0 Å². The van der Waals surface area contributed by atoms with Gasteiger partial charge in [0.05, 0.1) is 6.61 Å². The average Bonchev–Trinajstić information content (AvgIpc) is 3.34. The molecule has 0 aliphatic heterocycles. The number of fused-ring (bicyclic) bond motifs is 5. The van der Waals surface area contributed by atoms with E-state index in [0.29, 0.717) is 63.9 Å². The monoisotopic (exact) mass is 761 g/mol. The molecule has 14 heteroatoms. The minimum absolute atomic E-state index is 0.223. The first-order chi connectivity index (χ1) is 25.8. The number of hydrogen-bond donors (Lipinski definition) is 6. The third-order valence-electron chi connectivity index (χ3n) is 12.6. The number of aliphatic hydroxyl groups is 1. The third kappa shape index (κ3) is 9.42. The van der Waals surface area contributed by atoms with Gasteiger partial charge < -0.3 is 41.6 Å². The van der Waals surface area contributed by atoms with Crippen LogP contribution in [0, 0.1) is 28.6 Å². The van der Waals surface area contributed by atoms with Gasteiger partial charge in [0.25, 0.3) is 0 Å². The summed E-state index contributed by atoms with van der Waals surface area (Å²) in [6.07, 6.45) is 10.8. The molecule has 0 aromatic heterocycles. The molecule has 3 fully saturated rings. The Morgan fingerprint density at radius 2 is 1.48 bits per heavy atom. The minimum atomic E-state index is -2.26. The number of Topliss-reactive ketones (excluding diaryl/α,β-unsaturated/α-hetero) is 2. The van der Waals surface area contributed by atoms with Gasteiger partial charge in [-0.25, -0.2) is 14.0 Å². The van der Waals surface area contributed by atoms with E-state index in [1.165, 1.54) is 18.2 Å². The maximum atomic E-state index is 17.3. The Kier molecular flexibility index (Phi) is 15.8. The number of hydrogen-bond acceptors (Lipinski definition) is 11. The zero-order valence-electron chi connectivity index (χ0n) is 32.6. The predicted molar refractivity (Wildman–Crippen MR) is 202 cm³/mol. The second-order valence-electron chi connectivity index (χ2n) is 16.1. The van der Waals surface area contributed by atoms with E-state index in [4.69, 9.17) is 15.2 Å². The van der Waals surface area contributed by atoms with Gasteiger partial charge in [0, 0.05) is 36.3 Å². The number of ketones is 3. The van der Waals surface area contributed by atoms with Crippen molar-refractivity contribution in [3.63, 3.8) is 0 Å². The van der Waals surface area contributed by atoms with Crippen molar-refractivity contribution in [2.75, 3.05) is 59.0 Å². The quantitative estimate of drug-likeness (QED) is 0.0878. The van der Waals surface area contributed by atoms with Gasteiger partial charge in [-0.3, -0.25) is 14.4 Å². The molecule has 4 aliphatic rings. The molecule has 4 aliphatic carbocycles. The van der Waals surface area contributed by atoms with Crippen molar-refractivity contribution in [2.45, 2.75) is 109 Å². The molecule has 0 aromatic carbocycles. The number of amides is 2. The van der Waals surface area contributed by atoms with E-state index in [2.05, 4.69) is 21.3 Å². The molecule has 304 valence electrons. The normalized spacial score (nSPS) is 31.2. The van der Waals surface area contributed by atoms with Crippen molar-refractivity contribution in [1.29, 1.82) is 0 Å². The number of nitrogens with two attached hydrogens (primary N) is 1. The SMILES string of the molecule is CC1CC2C3CCC4=CC(=O)C=CC4(C)C3(F)C(=O)CC2(C)C1(O)C(=O)COC(=O)NCCCCCCOC(=O)NCCCNCCCCNCCCN. The van der Waals surface area contributed by atoms with Gasteiger partial charge in [-0.2, -0.15) is 0 Å². The highest BCUT2D eigenvalue weighted by Crippen LogP contribution is 2.69. The Hall–Kier alpha value is -3.20. The number of alkyl carbamates (subject to hydrolysis) is 2. The molecule has 0 bridgehead atoms. The van der Waals surface area contributed by atoms with Gasteiger partial charge in [0.2, 0.25) is 5.78 Å². The first kappa shape index (κ1) is 43.5. The maximum Gasteiger partial charge on any atom is 0.407 e. The number of ether oxygens (including phenoxy) is 2. The van der Waals surface area contributed by atoms with Crippen molar-refractivity contribution in [1.82, 2.24) is 21.3 Å². The summed E-state index contributed by atoms with van der Waals surface area (Å²) in [7, 11) is 0. The maximum absolute atomic E-state index is 17.3. The number of unbranched alkanes of at least 4 members (excludes halogenated alkanes) is 4. The minimum Gasteiger partial charge on any atom is -0.450 e. The lowest BCUT2D eigenvalue weighted by Crippen LogP contribution is -2.68. The topological polar surface area (TPSA) is 198 Å². The Bertz CT molecular complexity index is 1410. The molecule has 7 unspecified atom stereocenters. The number of rotatable bonds is 22. The molecule has 0 spiro atoms. The van der Waals surface area contributed by atoms with E-state index < -0.39 is 70.2 Å². The van der Waals surface area contributed by atoms with Crippen LogP contribution in [0.2, 0.25) is 0 Å². The van der Waals surface area contributed by atoms with Crippen LogP contribution in [0.4, 0.5) is 14.0 Å². The van der Waals surface area contributed by atoms with Crippen LogP contribution in [0.25, 0.3) is 0 Å². The smallest absolute Gasteiger partial charge is 0.407 e. The van der Waals surface area contributed by atoms with E-state index in [1.54, 1.807) is 20.8 Å². The van der Waals surface area contributed by atoms with E-state index in [9.17, 15) is 29.1 Å². The standard InChI is InChI=1S/C40H64FN5O8/c1-28-24-32-31-13-12-29-25-30(47)14-15-37(29,2)39(31,41)33(48)26-38(32,3)40(28,52)34(49)27-54-36(51)45-21-6-4-5-9-23-53-35(50)46-22-11-20-44-18-8-7-17-43-19-10-16-42/h14-15,25,28,31-32,43-44,52H,4-13,16-24,26-27,42H2,1-3H3,(H,45,51)(H,46,50). The average molecular weight is 762 g/mol. The van der Waals surface area contributed by atoms with Crippen LogP contribution in [-0.2, 0) is 23.9 Å². The summed E-state index contributed by atoms with van der Waals surface area (Å²) in [5.41, 5.74) is -0.666. The van der Waals surface area contributed by atoms with E-state index in [1.807, 2.05) is 0 Å². The van der Waals surface area contributed by atoms with E-state index >= 15 is 4.39 Å². The predicted octanol–water partition coefficient (Wildman–Crippen LogP) is 3.82. The van der Waals surface area contributed by atoms with Crippen molar-refractivity contribution < 1.29 is 42.9 Å². The van der Waals surface area contributed by atoms with Crippen molar-refractivity contribution >= 4 is 29.5 Å². The molecule has 3 saturated carbocycles. The second kappa shape index (κ2) is 19.6. The summed E-state index contributed by atoms with van der Waals surface area (Å²) in [5.74, 6) is -3.38. The number of carbonyl (C=O) groups excluding carboxylic acids is 5. The first-order valence-electron chi connectivity index (χ1n) is 20.1. The fourth-order valence-electron chi connectivity index (χ4n) is 9.53. The fourth-order valence-corrected chi connectivity index (χ4v) is 9.53. The van der Waals surface area contributed by atoms with E-state index in [0.717, 1.165) is 64.7 Å². The van der Waals surface area contributed by atoms with Crippen molar-refractivity contribution in [2.24, 2.45) is 34.3 Å². The highest BCUT2D eigenvalue weighted by molar-refractivity contribution is 6.03. The zero-order valence-corrected chi connectivity index (χ0v) is 32.6. The lowest BCUT2D eigenvalue weighted by molar-refractivity contribution is -0.187. The summed E-state index contributed by atoms with van der Waals surface area (Å²) in [6, 6.07) is 0. The van der Waals surface area contributed by atoms with Crippen LogP contribution in [0.5, 0.6) is 0 Å². The number of nitrogens with one attached hydrogen (secondary N) is 4. The van der Waals surface area contributed by atoms with Crippen LogP contribution in [0.15, 0.2) is 23.8 Å². The van der Waals surface area contributed by atoms with Gasteiger partial charge in [-0.1, -0.05) is 31.9 Å². The van der Waals surface area contributed by atoms with Crippen LogP contribution >= 0.6 is 0 Å². The second-order valence-corrected chi connectivity index (χ2v) is 16.1. The lowest BCUT2D eigenvalue weighted by atomic mass is 9.45. The Labute approximate surface area is 319 Å². The summed E-state index contributed by atoms with van der Waals surface area (Å²) < 4.78 is 27.7. The molecule has 4 rings (SSSR count). The number of halogens is 1. The van der Waals surface area contributed by atoms with Crippen LogP contribution in [0.3, 0.4) is 0 Å². The van der Waals surface area contributed by atoms with Crippen LogP contribution in [-0.4, -0.2) is 105 Å². The van der Waals surface area contributed by atoms with Gasteiger partial charge in [0.15, 0.2) is 23.8 Å². The first-order valence-corrected chi connectivity index (χ1v) is 20.1. The molecule has 0 saturated heterocycles. The Morgan fingerprint density at radius 1 is 0.870 bits per heavy atom. The molecule has 13 nitrogen and oxygen atoms in total. The highest BCUT2D eigenvalue weighted by atomic mass is 19.1. The molecule has 7 atom stereocenters. The molecule has 0 radical (unpaired) electrons. The largest absolute Gasteiger partial charge is 0.450 e. The Morgan fingerprint density at radius 3 is 2.19 bits per heavy atom. The van der Waals surface area contributed by atoms with Gasteiger partial charge in [-0.05, 0) is 128 Å². The number of carbonyl (C=O) groups is 5. The number of allylic oxidation sites excluding steroid dienone is 4.